The van der Waals surface area contributed by atoms with E-state index in [2.05, 4.69) is 10.0 Å². The van der Waals surface area contributed by atoms with Crippen molar-refractivity contribution in [3.63, 3.8) is 0 Å². The van der Waals surface area contributed by atoms with E-state index in [0.29, 0.717) is 29.4 Å². The molecule has 1 aliphatic rings. The third-order valence-electron chi connectivity index (χ3n) is 4.16. The molecule has 0 unspecified atom stereocenters. The normalized spacial score (nSPS) is 15.3. The summed E-state index contributed by atoms with van der Waals surface area (Å²) in [7, 11) is -3.78. The zero-order valence-corrected chi connectivity index (χ0v) is 15.7. The average Bonchev–Trinajstić information content (AvgIpc) is 2.92. The molecule has 2 aromatic rings. The summed E-state index contributed by atoms with van der Waals surface area (Å²) in [6, 6.07) is 12.6. The number of benzene rings is 2. The molecular formula is C18H20ClN3O3S. The van der Waals surface area contributed by atoms with Crippen LogP contribution in [0.1, 0.15) is 16.8 Å². The van der Waals surface area contributed by atoms with E-state index in [0.717, 1.165) is 19.5 Å². The molecule has 0 atom stereocenters. The van der Waals surface area contributed by atoms with E-state index >= 15 is 0 Å². The maximum atomic E-state index is 12.6. The fourth-order valence-corrected chi connectivity index (χ4v) is 4.07. The van der Waals surface area contributed by atoms with Crippen LogP contribution >= 0.6 is 11.6 Å². The van der Waals surface area contributed by atoms with E-state index < -0.39 is 10.0 Å². The molecule has 0 aromatic heterocycles. The Morgan fingerprint density at radius 3 is 2.50 bits per heavy atom. The monoisotopic (exact) mass is 393 g/mol. The third-order valence-corrected chi connectivity index (χ3v) is 5.87. The Bertz CT molecular complexity index is 877. The van der Waals surface area contributed by atoms with Gasteiger partial charge in [0.25, 0.3) is 15.9 Å². The predicted molar refractivity (Wildman–Crippen MR) is 102 cm³/mol. The molecule has 26 heavy (non-hydrogen) atoms. The van der Waals surface area contributed by atoms with Crippen molar-refractivity contribution in [2.45, 2.75) is 11.3 Å². The standard InChI is InChI=1S/C18H20ClN3O3S/c19-16-4-1-2-5-17(16)21-26(24,25)15-8-6-14(7-9-15)18(23)22-12-3-10-20-11-13-22/h1-2,4-9,20-21H,3,10-13H2. The highest BCUT2D eigenvalue weighted by Gasteiger charge is 2.19. The fourth-order valence-electron chi connectivity index (χ4n) is 2.76. The molecule has 1 aliphatic heterocycles. The topological polar surface area (TPSA) is 78.5 Å². The van der Waals surface area contributed by atoms with Crippen LogP contribution in [0.3, 0.4) is 0 Å². The van der Waals surface area contributed by atoms with Gasteiger partial charge < -0.3 is 10.2 Å². The molecule has 2 aromatic carbocycles. The Morgan fingerprint density at radius 2 is 1.77 bits per heavy atom. The Balaban J connectivity index is 1.76. The van der Waals surface area contributed by atoms with Crippen molar-refractivity contribution in [2.75, 3.05) is 30.9 Å². The van der Waals surface area contributed by atoms with Crippen molar-refractivity contribution >= 4 is 33.2 Å². The molecule has 1 fully saturated rings. The lowest BCUT2D eigenvalue weighted by Crippen LogP contribution is -2.34. The van der Waals surface area contributed by atoms with Gasteiger partial charge in [0.2, 0.25) is 0 Å². The Kier molecular flexibility index (Phi) is 5.80. The zero-order chi connectivity index (χ0) is 18.6. The molecule has 0 bridgehead atoms. The van der Waals surface area contributed by atoms with Gasteiger partial charge in [-0.3, -0.25) is 9.52 Å². The molecular weight excluding hydrogens is 374 g/mol. The summed E-state index contributed by atoms with van der Waals surface area (Å²) < 4.78 is 27.5. The van der Waals surface area contributed by atoms with Gasteiger partial charge in [-0.15, -0.1) is 0 Å². The van der Waals surface area contributed by atoms with Crippen LogP contribution in [-0.4, -0.2) is 45.4 Å². The first-order valence-corrected chi connectivity index (χ1v) is 10.2. The van der Waals surface area contributed by atoms with Crippen molar-refractivity contribution in [2.24, 2.45) is 0 Å². The van der Waals surface area contributed by atoms with Gasteiger partial charge in [0, 0.05) is 25.2 Å². The van der Waals surface area contributed by atoms with E-state index in [9.17, 15) is 13.2 Å². The Labute approximate surface area is 158 Å². The highest BCUT2D eigenvalue weighted by Crippen LogP contribution is 2.24. The van der Waals surface area contributed by atoms with Gasteiger partial charge >= 0.3 is 0 Å². The van der Waals surface area contributed by atoms with Gasteiger partial charge in [0.15, 0.2) is 0 Å². The quantitative estimate of drug-likeness (QED) is 0.836. The van der Waals surface area contributed by atoms with Crippen LogP contribution in [0, 0.1) is 0 Å². The molecule has 1 heterocycles. The summed E-state index contributed by atoms with van der Waals surface area (Å²) in [6.45, 7) is 3.00. The molecule has 0 spiro atoms. The van der Waals surface area contributed by atoms with E-state index in [1.165, 1.54) is 12.1 Å². The highest BCUT2D eigenvalue weighted by molar-refractivity contribution is 7.92. The SMILES string of the molecule is O=C(c1ccc(S(=O)(=O)Nc2ccccc2Cl)cc1)N1CCCNCC1. The second-order valence-corrected chi connectivity index (χ2v) is 8.10. The minimum absolute atomic E-state index is 0.0755. The number of sulfonamides is 1. The van der Waals surface area contributed by atoms with Crippen LogP contribution in [0.2, 0.25) is 5.02 Å². The Hall–Kier alpha value is -2.09. The van der Waals surface area contributed by atoms with Crippen molar-refractivity contribution in [1.29, 1.82) is 0 Å². The number of rotatable bonds is 4. The van der Waals surface area contributed by atoms with Crippen LogP contribution in [0.25, 0.3) is 0 Å². The van der Waals surface area contributed by atoms with Gasteiger partial charge in [-0.2, -0.15) is 0 Å². The van der Waals surface area contributed by atoms with Crippen LogP contribution in [-0.2, 0) is 10.0 Å². The summed E-state index contributed by atoms with van der Waals surface area (Å²) in [6.07, 6.45) is 0.903. The third kappa shape index (κ3) is 4.35. The molecule has 0 aliphatic carbocycles. The molecule has 8 heteroatoms. The van der Waals surface area contributed by atoms with Crippen LogP contribution in [0.5, 0.6) is 0 Å². The minimum atomic E-state index is -3.78. The first-order chi connectivity index (χ1) is 12.5. The number of para-hydroxylation sites is 1. The predicted octanol–water partition coefficient (Wildman–Crippen LogP) is 2.58. The van der Waals surface area contributed by atoms with E-state index in [1.807, 2.05) is 0 Å². The lowest BCUT2D eigenvalue weighted by atomic mass is 10.2. The summed E-state index contributed by atoms with van der Waals surface area (Å²) in [4.78, 5) is 14.4. The number of hydrogen-bond donors (Lipinski definition) is 2. The molecule has 0 radical (unpaired) electrons. The van der Waals surface area contributed by atoms with Gasteiger partial charge in [-0.25, -0.2) is 8.42 Å². The van der Waals surface area contributed by atoms with Crippen molar-refractivity contribution < 1.29 is 13.2 Å². The first kappa shape index (κ1) is 18.7. The average molecular weight is 394 g/mol. The van der Waals surface area contributed by atoms with E-state index in [1.54, 1.807) is 41.3 Å². The van der Waals surface area contributed by atoms with Gasteiger partial charge in [-0.1, -0.05) is 23.7 Å². The van der Waals surface area contributed by atoms with Crippen molar-refractivity contribution in [3.8, 4) is 0 Å². The largest absolute Gasteiger partial charge is 0.337 e. The number of amides is 1. The number of hydrogen-bond acceptors (Lipinski definition) is 4. The number of nitrogens with one attached hydrogen (secondary N) is 2. The molecule has 1 saturated heterocycles. The maximum absolute atomic E-state index is 12.6. The number of anilines is 1. The van der Waals surface area contributed by atoms with Gasteiger partial charge in [-0.05, 0) is 49.4 Å². The summed E-state index contributed by atoms with van der Waals surface area (Å²) in [5, 5.41) is 3.57. The zero-order valence-electron chi connectivity index (χ0n) is 14.1. The summed E-state index contributed by atoms with van der Waals surface area (Å²) in [5.41, 5.74) is 0.787. The molecule has 2 N–H and O–H groups in total. The van der Waals surface area contributed by atoms with Crippen LogP contribution in [0.15, 0.2) is 53.4 Å². The second-order valence-electron chi connectivity index (χ2n) is 6.01. The maximum Gasteiger partial charge on any atom is 0.261 e. The summed E-state index contributed by atoms with van der Waals surface area (Å²) >= 11 is 6.00. The number of carbonyl (C=O) groups excluding carboxylic acids is 1. The molecule has 3 rings (SSSR count). The molecule has 6 nitrogen and oxygen atoms in total. The van der Waals surface area contributed by atoms with Crippen LogP contribution in [0.4, 0.5) is 5.69 Å². The fraction of sp³-hybridized carbons (Fsp3) is 0.278. The van der Waals surface area contributed by atoms with Gasteiger partial charge in [0.1, 0.15) is 0 Å². The first-order valence-electron chi connectivity index (χ1n) is 8.35. The Morgan fingerprint density at radius 1 is 1.04 bits per heavy atom. The molecule has 1 amide bonds. The number of carbonyl (C=O) groups is 1. The highest BCUT2D eigenvalue weighted by atomic mass is 35.5. The lowest BCUT2D eigenvalue weighted by molar-refractivity contribution is 0.0766. The van der Waals surface area contributed by atoms with Crippen molar-refractivity contribution in [3.05, 3.63) is 59.1 Å². The minimum Gasteiger partial charge on any atom is -0.337 e. The van der Waals surface area contributed by atoms with Crippen LogP contribution < -0.4 is 10.0 Å². The smallest absolute Gasteiger partial charge is 0.261 e. The van der Waals surface area contributed by atoms with E-state index in [-0.39, 0.29) is 10.8 Å². The number of nitrogens with zero attached hydrogens (tertiary/aromatic N) is 1. The lowest BCUT2D eigenvalue weighted by Gasteiger charge is -2.20. The van der Waals surface area contributed by atoms with Gasteiger partial charge in [0.05, 0.1) is 15.6 Å². The summed E-state index contributed by atoms with van der Waals surface area (Å²) in [5.74, 6) is -0.0864. The van der Waals surface area contributed by atoms with Crippen molar-refractivity contribution in [1.82, 2.24) is 10.2 Å². The molecule has 138 valence electrons. The number of halogens is 1. The second kappa shape index (κ2) is 8.07. The molecule has 0 saturated carbocycles. The van der Waals surface area contributed by atoms with E-state index in [4.69, 9.17) is 11.6 Å².